The van der Waals surface area contributed by atoms with Gasteiger partial charge in [-0.15, -0.1) is 0 Å². The van der Waals surface area contributed by atoms with E-state index in [0.29, 0.717) is 17.0 Å². The first-order chi connectivity index (χ1) is 11.8. The average Bonchev–Trinajstić information content (AvgIpc) is 2.98. The molecule has 0 unspecified atom stereocenters. The summed E-state index contributed by atoms with van der Waals surface area (Å²) in [6, 6.07) is 0. The normalized spacial score (nSPS) is 17.3. The first-order valence-corrected chi connectivity index (χ1v) is 9.29. The molecule has 0 atom stereocenters. The highest BCUT2D eigenvalue weighted by molar-refractivity contribution is 5.74. The van der Waals surface area contributed by atoms with Crippen molar-refractivity contribution in [3.63, 3.8) is 0 Å². The molecule has 3 heterocycles. The predicted molar refractivity (Wildman–Crippen MR) is 101 cm³/mol. The minimum absolute atomic E-state index is 0.145. The third kappa shape index (κ3) is 4.21. The van der Waals surface area contributed by atoms with Crippen LogP contribution >= 0.6 is 0 Å². The Balaban J connectivity index is 1.61. The molecular weight excluding hydrogens is 316 g/mol. The zero-order valence-electron chi connectivity index (χ0n) is 15.8. The Hall–Kier alpha value is -1.89. The monoisotopic (exact) mass is 346 g/mol. The van der Waals surface area contributed by atoms with Crippen LogP contribution in [0.2, 0.25) is 0 Å². The second-order valence-corrected chi connectivity index (χ2v) is 8.18. The van der Waals surface area contributed by atoms with Crippen LogP contribution in [-0.4, -0.2) is 50.8 Å². The molecule has 0 aromatic carbocycles. The van der Waals surface area contributed by atoms with Gasteiger partial charge in [0.2, 0.25) is 5.95 Å². The molecule has 7 heteroatoms. The summed E-state index contributed by atoms with van der Waals surface area (Å²) in [6.45, 7) is 12.8. The van der Waals surface area contributed by atoms with Gasteiger partial charge in [0, 0.05) is 6.54 Å². The van der Waals surface area contributed by atoms with Gasteiger partial charge in [-0.2, -0.15) is 10.1 Å². The van der Waals surface area contributed by atoms with Crippen molar-refractivity contribution in [1.29, 1.82) is 0 Å². The standard InChI is InChI=1S/C18H30N6O/c1-13-6-10-23(11-7-13)9-5-8-19-17-21-15-14(16(25)22-17)12-20-24(15)18(2,3)4/h12-13H,5-11H2,1-4H3,(H2,19,21,22,25). The van der Waals surface area contributed by atoms with Crippen molar-refractivity contribution in [2.45, 2.75) is 52.5 Å². The second-order valence-electron chi connectivity index (χ2n) is 8.18. The second kappa shape index (κ2) is 7.15. The van der Waals surface area contributed by atoms with E-state index >= 15 is 0 Å². The summed E-state index contributed by atoms with van der Waals surface area (Å²) in [4.78, 5) is 22.2. The van der Waals surface area contributed by atoms with Crippen LogP contribution in [0.4, 0.5) is 5.95 Å². The molecule has 2 N–H and O–H groups in total. The Bertz CT molecular complexity index is 764. The van der Waals surface area contributed by atoms with Crippen molar-refractivity contribution in [2.75, 3.05) is 31.5 Å². The summed E-state index contributed by atoms with van der Waals surface area (Å²) in [5, 5.41) is 8.12. The molecule has 2 aromatic heterocycles. The summed E-state index contributed by atoms with van der Waals surface area (Å²) < 4.78 is 1.80. The van der Waals surface area contributed by atoms with Crippen molar-refractivity contribution in [3.8, 4) is 0 Å². The Morgan fingerprint density at radius 2 is 2.04 bits per heavy atom. The smallest absolute Gasteiger partial charge is 0.263 e. The number of rotatable bonds is 5. The molecule has 0 aliphatic carbocycles. The zero-order chi connectivity index (χ0) is 18.0. The highest BCUT2D eigenvalue weighted by Crippen LogP contribution is 2.19. The summed E-state index contributed by atoms with van der Waals surface area (Å²) in [5.74, 6) is 1.39. The van der Waals surface area contributed by atoms with E-state index in [2.05, 4.69) is 53.0 Å². The van der Waals surface area contributed by atoms with E-state index in [1.54, 1.807) is 10.9 Å². The number of nitrogens with one attached hydrogen (secondary N) is 2. The van der Waals surface area contributed by atoms with Crippen molar-refractivity contribution in [1.82, 2.24) is 24.6 Å². The zero-order valence-corrected chi connectivity index (χ0v) is 15.8. The predicted octanol–water partition coefficient (Wildman–Crippen LogP) is 2.41. The van der Waals surface area contributed by atoms with Gasteiger partial charge in [0.25, 0.3) is 5.56 Å². The first kappa shape index (κ1) is 17.9. The fourth-order valence-corrected chi connectivity index (χ4v) is 3.29. The maximum absolute atomic E-state index is 12.3. The van der Waals surface area contributed by atoms with E-state index < -0.39 is 0 Å². The first-order valence-electron chi connectivity index (χ1n) is 9.29. The van der Waals surface area contributed by atoms with Gasteiger partial charge in [-0.3, -0.25) is 9.78 Å². The molecule has 25 heavy (non-hydrogen) atoms. The summed E-state index contributed by atoms with van der Waals surface area (Å²) in [7, 11) is 0. The van der Waals surface area contributed by atoms with Gasteiger partial charge >= 0.3 is 0 Å². The third-order valence-electron chi connectivity index (χ3n) is 4.89. The number of hydrogen-bond donors (Lipinski definition) is 2. The number of hydrogen-bond acceptors (Lipinski definition) is 5. The summed E-state index contributed by atoms with van der Waals surface area (Å²) in [5.41, 5.74) is 0.266. The molecule has 0 radical (unpaired) electrons. The topological polar surface area (TPSA) is 78.8 Å². The van der Waals surface area contributed by atoms with Gasteiger partial charge in [-0.1, -0.05) is 6.92 Å². The Labute approximate surface area is 148 Å². The van der Waals surface area contributed by atoms with Crippen LogP contribution in [0.25, 0.3) is 11.0 Å². The fourth-order valence-electron chi connectivity index (χ4n) is 3.29. The van der Waals surface area contributed by atoms with Crippen LogP contribution in [0.5, 0.6) is 0 Å². The van der Waals surface area contributed by atoms with Gasteiger partial charge in [0.05, 0.1) is 11.7 Å². The molecule has 3 rings (SSSR count). The lowest BCUT2D eigenvalue weighted by molar-refractivity contribution is 0.192. The summed E-state index contributed by atoms with van der Waals surface area (Å²) in [6.07, 6.45) is 5.23. The van der Waals surface area contributed by atoms with E-state index in [9.17, 15) is 4.79 Å². The molecule has 138 valence electrons. The summed E-state index contributed by atoms with van der Waals surface area (Å²) >= 11 is 0. The molecule has 0 spiro atoms. The number of H-pyrrole nitrogens is 1. The maximum atomic E-state index is 12.3. The van der Waals surface area contributed by atoms with E-state index in [1.165, 1.54) is 25.9 Å². The Morgan fingerprint density at radius 1 is 1.32 bits per heavy atom. The molecule has 1 aliphatic heterocycles. The Morgan fingerprint density at radius 3 is 2.72 bits per heavy atom. The van der Waals surface area contributed by atoms with Gasteiger partial charge in [-0.05, 0) is 65.6 Å². The number of anilines is 1. The van der Waals surface area contributed by atoms with Crippen LogP contribution in [-0.2, 0) is 5.54 Å². The van der Waals surface area contributed by atoms with Crippen molar-refractivity contribution >= 4 is 17.0 Å². The third-order valence-corrected chi connectivity index (χ3v) is 4.89. The van der Waals surface area contributed by atoms with E-state index in [-0.39, 0.29) is 11.1 Å². The molecule has 0 bridgehead atoms. The number of aromatic nitrogens is 4. The van der Waals surface area contributed by atoms with Crippen LogP contribution in [0.15, 0.2) is 11.0 Å². The number of fused-ring (bicyclic) bond motifs is 1. The lowest BCUT2D eigenvalue weighted by Gasteiger charge is -2.30. The molecule has 1 aliphatic rings. The van der Waals surface area contributed by atoms with Gasteiger partial charge in [-0.25, -0.2) is 4.68 Å². The molecule has 2 aromatic rings. The van der Waals surface area contributed by atoms with Crippen LogP contribution < -0.4 is 10.9 Å². The molecule has 1 fully saturated rings. The van der Waals surface area contributed by atoms with E-state index in [0.717, 1.165) is 25.4 Å². The van der Waals surface area contributed by atoms with Crippen molar-refractivity contribution in [3.05, 3.63) is 16.6 Å². The number of nitrogens with zero attached hydrogens (tertiary/aromatic N) is 4. The number of aromatic amines is 1. The van der Waals surface area contributed by atoms with Crippen molar-refractivity contribution in [2.24, 2.45) is 5.92 Å². The molecular formula is C18H30N6O. The van der Waals surface area contributed by atoms with Crippen LogP contribution in [0, 0.1) is 5.92 Å². The van der Waals surface area contributed by atoms with Gasteiger partial charge in [0.15, 0.2) is 5.65 Å². The van der Waals surface area contributed by atoms with Crippen LogP contribution in [0.3, 0.4) is 0 Å². The quantitative estimate of drug-likeness (QED) is 0.813. The average molecular weight is 346 g/mol. The molecule has 7 nitrogen and oxygen atoms in total. The number of likely N-dealkylation sites (tertiary alicyclic amines) is 1. The van der Waals surface area contributed by atoms with E-state index in [4.69, 9.17) is 0 Å². The maximum Gasteiger partial charge on any atom is 0.263 e. The minimum atomic E-state index is -0.217. The lowest BCUT2D eigenvalue weighted by atomic mass is 9.99. The lowest BCUT2D eigenvalue weighted by Crippen LogP contribution is -2.34. The molecule has 0 saturated carbocycles. The molecule has 1 saturated heterocycles. The Kier molecular flexibility index (Phi) is 5.13. The van der Waals surface area contributed by atoms with Gasteiger partial charge < -0.3 is 10.2 Å². The molecule has 0 amide bonds. The van der Waals surface area contributed by atoms with Gasteiger partial charge in [0.1, 0.15) is 5.39 Å². The van der Waals surface area contributed by atoms with E-state index in [1.807, 2.05) is 0 Å². The SMILES string of the molecule is CC1CCN(CCCNc2nc3c(cnn3C(C)(C)C)c(=O)[nH]2)CC1. The van der Waals surface area contributed by atoms with Crippen molar-refractivity contribution < 1.29 is 0 Å². The van der Waals surface area contributed by atoms with Crippen LogP contribution in [0.1, 0.15) is 47.0 Å². The fraction of sp³-hybridized carbons (Fsp3) is 0.722. The highest BCUT2D eigenvalue weighted by Gasteiger charge is 2.20. The highest BCUT2D eigenvalue weighted by atomic mass is 16.1. The number of piperidine rings is 1. The minimum Gasteiger partial charge on any atom is -0.356 e. The largest absolute Gasteiger partial charge is 0.356 e.